The molecule has 0 spiro atoms. The second-order valence-electron chi connectivity index (χ2n) is 3.37. The highest BCUT2D eigenvalue weighted by atomic mass is 79.9. The Kier molecular flexibility index (Phi) is 4.04. The lowest BCUT2D eigenvalue weighted by Gasteiger charge is -2.07. The molecular weight excluding hydrogens is 282 g/mol. The third-order valence-electron chi connectivity index (χ3n) is 2.22. The molecule has 0 bridgehead atoms. The minimum absolute atomic E-state index is 0.581. The molecule has 0 aromatic heterocycles. The summed E-state index contributed by atoms with van der Waals surface area (Å²) >= 11 is 5.22. The van der Waals surface area contributed by atoms with Gasteiger partial charge in [0.05, 0.1) is 0 Å². The topological polar surface area (TPSA) is 26.0 Å². The zero-order valence-electron chi connectivity index (χ0n) is 8.69. The number of rotatable bonds is 3. The van der Waals surface area contributed by atoms with Crippen LogP contribution in [0.3, 0.4) is 0 Å². The fourth-order valence-electron chi connectivity index (χ4n) is 1.43. The Balaban J connectivity index is 2.26. The molecule has 2 aromatic carbocycles. The first-order chi connectivity index (χ1) is 7.79. The number of halogens is 1. The van der Waals surface area contributed by atoms with E-state index < -0.39 is 0 Å². The molecule has 0 heterocycles. The van der Waals surface area contributed by atoms with E-state index in [9.17, 15) is 0 Å². The number of hydrogen-bond acceptors (Lipinski definition) is 2. The van der Waals surface area contributed by atoms with Crippen LogP contribution in [0.5, 0.6) is 0 Å². The predicted molar refractivity (Wildman–Crippen MR) is 72.6 cm³/mol. The lowest BCUT2D eigenvalue weighted by Crippen LogP contribution is -1.97. The average molecular weight is 294 g/mol. The van der Waals surface area contributed by atoms with Gasteiger partial charge >= 0.3 is 0 Å². The van der Waals surface area contributed by atoms with Crippen molar-refractivity contribution in [1.82, 2.24) is 0 Å². The van der Waals surface area contributed by atoms with Crippen molar-refractivity contribution < 1.29 is 0 Å². The normalized spacial score (nSPS) is 10.4. The highest BCUT2D eigenvalue weighted by Gasteiger charge is 2.02. The van der Waals surface area contributed by atoms with Crippen molar-refractivity contribution in [2.45, 2.75) is 16.3 Å². The quantitative estimate of drug-likeness (QED) is 0.924. The molecule has 3 heteroatoms. The average Bonchev–Trinajstić information content (AvgIpc) is 2.30. The van der Waals surface area contributed by atoms with Crippen LogP contribution in [0.25, 0.3) is 0 Å². The van der Waals surface area contributed by atoms with E-state index in [1.165, 1.54) is 15.4 Å². The first-order valence-corrected chi connectivity index (χ1v) is 6.62. The van der Waals surface area contributed by atoms with Crippen molar-refractivity contribution in [3.05, 3.63) is 58.6 Å². The van der Waals surface area contributed by atoms with Crippen molar-refractivity contribution >= 4 is 27.7 Å². The van der Waals surface area contributed by atoms with Crippen LogP contribution in [0.1, 0.15) is 5.56 Å². The molecule has 2 N–H and O–H groups in total. The molecule has 0 radical (unpaired) electrons. The summed E-state index contributed by atoms with van der Waals surface area (Å²) in [7, 11) is 0. The first kappa shape index (κ1) is 11.7. The second-order valence-corrected chi connectivity index (χ2v) is 5.40. The number of benzene rings is 2. The van der Waals surface area contributed by atoms with E-state index in [1.54, 1.807) is 11.8 Å². The molecule has 82 valence electrons. The van der Waals surface area contributed by atoms with Crippen molar-refractivity contribution in [1.29, 1.82) is 0 Å². The van der Waals surface area contributed by atoms with Gasteiger partial charge in [0.15, 0.2) is 0 Å². The zero-order valence-corrected chi connectivity index (χ0v) is 11.1. The Morgan fingerprint density at radius 2 is 1.88 bits per heavy atom. The summed E-state index contributed by atoms with van der Waals surface area (Å²) < 4.78 is 1.10. The molecule has 2 aromatic rings. The van der Waals surface area contributed by atoms with E-state index in [-0.39, 0.29) is 0 Å². The van der Waals surface area contributed by atoms with Crippen molar-refractivity contribution in [3.63, 3.8) is 0 Å². The second kappa shape index (κ2) is 5.53. The van der Waals surface area contributed by atoms with Crippen LogP contribution >= 0.6 is 27.7 Å². The third kappa shape index (κ3) is 2.88. The van der Waals surface area contributed by atoms with Gasteiger partial charge in [-0.25, -0.2) is 0 Å². The molecule has 0 aliphatic rings. The Bertz CT molecular complexity index is 485. The van der Waals surface area contributed by atoms with E-state index in [1.807, 2.05) is 24.3 Å². The van der Waals surface area contributed by atoms with Gasteiger partial charge in [0.1, 0.15) is 0 Å². The summed E-state index contributed by atoms with van der Waals surface area (Å²) in [5.41, 5.74) is 6.90. The SMILES string of the molecule is NCc1ccccc1Sc1cccc(Br)c1. The highest BCUT2D eigenvalue weighted by Crippen LogP contribution is 2.31. The lowest BCUT2D eigenvalue weighted by molar-refractivity contribution is 1.03. The van der Waals surface area contributed by atoms with E-state index in [0.717, 1.165) is 4.47 Å². The van der Waals surface area contributed by atoms with Crippen LogP contribution < -0.4 is 5.73 Å². The van der Waals surface area contributed by atoms with Gasteiger partial charge in [0, 0.05) is 20.8 Å². The fourth-order valence-corrected chi connectivity index (χ4v) is 3.00. The third-order valence-corrected chi connectivity index (χ3v) is 3.82. The zero-order chi connectivity index (χ0) is 11.4. The van der Waals surface area contributed by atoms with Crippen molar-refractivity contribution in [3.8, 4) is 0 Å². The molecule has 0 atom stereocenters. The summed E-state index contributed by atoms with van der Waals surface area (Å²) in [6, 6.07) is 16.5. The van der Waals surface area contributed by atoms with E-state index in [4.69, 9.17) is 5.73 Å². The molecule has 0 amide bonds. The van der Waals surface area contributed by atoms with Crippen molar-refractivity contribution in [2.75, 3.05) is 0 Å². The van der Waals surface area contributed by atoms with Crippen LogP contribution in [0, 0.1) is 0 Å². The summed E-state index contributed by atoms with van der Waals surface area (Å²) in [6.07, 6.45) is 0. The smallest absolute Gasteiger partial charge is 0.0189 e. The van der Waals surface area contributed by atoms with Crippen LogP contribution in [-0.4, -0.2) is 0 Å². The fraction of sp³-hybridized carbons (Fsp3) is 0.0769. The molecule has 2 rings (SSSR count). The summed E-state index contributed by atoms with van der Waals surface area (Å²) in [5.74, 6) is 0. The maximum Gasteiger partial charge on any atom is 0.0189 e. The highest BCUT2D eigenvalue weighted by molar-refractivity contribution is 9.10. The molecular formula is C13H12BrNS. The van der Waals surface area contributed by atoms with E-state index in [2.05, 4.69) is 40.2 Å². The largest absolute Gasteiger partial charge is 0.326 e. The summed E-state index contributed by atoms with van der Waals surface area (Å²) in [4.78, 5) is 2.44. The molecule has 16 heavy (non-hydrogen) atoms. The standard InChI is InChI=1S/C13H12BrNS/c14-11-5-3-6-12(8-11)16-13-7-2-1-4-10(13)9-15/h1-8H,9,15H2. The van der Waals surface area contributed by atoms with E-state index in [0.29, 0.717) is 6.54 Å². The molecule has 0 saturated carbocycles. The van der Waals surface area contributed by atoms with Crippen LogP contribution in [-0.2, 0) is 6.54 Å². The Labute approximate surface area is 108 Å². The first-order valence-electron chi connectivity index (χ1n) is 5.01. The van der Waals surface area contributed by atoms with Gasteiger partial charge in [0.2, 0.25) is 0 Å². The number of nitrogens with two attached hydrogens (primary N) is 1. The van der Waals surface area contributed by atoms with Crippen LogP contribution in [0.15, 0.2) is 62.8 Å². The van der Waals surface area contributed by atoms with Gasteiger partial charge < -0.3 is 5.73 Å². The molecule has 0 aliphatic heterocycles. The van der Waals surface area contributed by atoms with E-state index >= 15 is 0 Å². The molecule has 0 aliphatic carbocycles. The predicted octanol–water partition coefficient (Wildman–Crippen LogP) is 4.06. The molecule has 0 fully saturated rings. The van der Waals surface area contributed by atoms with Crippen molar-refractivity contribution in [2.24, 2.45) is 5.73 Å². The Hall–Kier alpha value is -0.770. The van der Waals surface area contributed by atoms with Gasteiger partial charge in [-0.1, -0.05) is 52.0 Å². The van der Waals surface area contributed by atoms with Gasteiger partial charge in [-0.3, -0.25) is 0 Å². The summed E-state index contributed by atoms with van der Waals surface area (Å²) in [6.45, 7) is 0.581. The van der Waals surface area contributed by atoms with Crippen LogP contribution in [0.2, 0.25) is 0 Å². The van der Waals surface area contributed by atoms with Gasteiger partial charge in [-0.15, -0.1) is 0 Å². The van der Waals surface area contributed by atoms with Crippen LogP contribution in [0.4, 0.5) is 0 Å². The Morgan fingerprint density at radius 3 is 2.62 bits per heavy atom. The maximum atomic E-state index is 5.71. The van der Waals surface area contributed by atoms with Gasteiger partial charge in [0.25, 0.3) is 0 Å². The van der Waals surface area contributed by atoms with Gasteiger partial charge in [-0.05, 0) is 29.8 Å². The minimum Gasteiger partial charge on any atom is -0.326 e. The summed E-state index contributed by atoms with van der Waals surface area (Å²) in [5, 5.41) is 0. The maximum absolute atomic E-state index is 5.71. The Morgan fingerprint density at radius 1 is 1.06 bits per heavy atom. The minimum atomic E-state index is 0.581. The lowest BCUT2D eigenvalue weighted by atomic mass is 10.2. The molecule has 0 saturated heterocycles. The monoisotopic (exact) mass is 293 g/mol. The van der Waals surface area contributed by atoms with Gasteiger partial charge in [-0.2, -0.15) is 0 Å². The molecule has 1 nitrogen and oxygen atoms in total. The molecule has 0 unspecified atom stereocenters. The number of hydrogen-bond donors (Lipinski definition) is 1.